The number of methoxy groups -OCH3 is 1. The summed E-state index contributed by atoms with van der Waals surface area (Å²) >= 11 is 1.37. The van der Waals surface area contributed by atoms with Gasteiger partial charge in [0.05, 0.1) is 24.5 Å². The second-order valence-corrected chi connectivity index (χ2v) is 7.77. The van der Waals surface area contributed by atoms with E-state index in [-0.39, 0.29) is 11.2 Å². The highest BCUT2D eigenvalue weighted by Crippen LogP contribution is 2.32. The lowest BCUT2D eigenvalue weighted by Gasteiger charge is -2.14. The number of carbonyl (C=O) groups excluding carboxylic acids is 1. The molecule has 0 aliphatic heterocycles. The summed E-state index contributed by atoms with van der Waals surface area (Å²) < 4.78 is 12.9. The van der Waals surface area contributed by atoms with Crippen molar-refractivity contribution in [1.82, 2.24) is 14.8 Å². The minimum Gasteiger partial charge on any atom is -0.496 e. The topological polar surface area (TPSA) is 78.3 Å². The van der Waals surface area contributed by atoms with Gasteiger partial charge in [-0.3, -0.25) is 4.79 Å². The highest BCUT2D eigenvalue weighted by atomic mass is 32.2. The molecule has 3 rings (SSSR count). The molecule has 1 N–H and O–H groups in total. The summed E-state index contributed by atoms with van der Waals surface area (Å²) in [6.45, 7) is 7.09. The molecule has 1 amide bonds. The Morgan fingerprint density at radius 2 is 1.87 bits per heavy atom. The van der Waals surface area contributed by atoms with Crippen LogP contribution in [0, 0.1) is 0 Å². The number of carbonyl (C=O) groups is 1. The van der Waals surface area contributed by atoms with Crippen molar-refractivity contribution in [3.8, 4) is 22.9 Å². The van der Waals surface area contributed by atoms with Crippen LogP contribution in [0.15, 0.2) is 53.7 Å². The molecule has 0 spiro atoms. The number of hydrogen-bond acceptors (Lipinski definition) is 6. The quantitative estimate of drug-likeness (QED) is 0.508. The Labute approximate surface area is 180 Å². The average molecular weight is 427 g/mol. The minimum absolute atomic E-state index is 0.103. The summed E-state index contributed by atoms with van der Waals surface area (Å²) in [6.07, 6.45) is 0. The Hall–Kier alpha value is -3.00. The van der Waals surface area contributed by atoms with E-state index < -0.39 is 0 Å². The molecule has 158 valence electrons. The molecule has 1 heterocycles. The molecule has 0 saturated heterocycles. The van der Waals surface area contributed by atoms with E-state index >= 15 is 0 Å². The van der Waals surface area contributed by atoms with Crippen molar-refractivity contribution < 1.29 is 14.3 Å². The number of amides is 1. The Bertz CT molecular complexity index is 988. The third-order valence-corrected chi connectivity index (χ3v) is 5.55. The first kappa shape index (κ1) is 21.7. The lowest BCUT2D eigenvalue weighted by molar-refractivity contribution is -0.115. The van der Waals surface area contributed by atoms with E-state index in [1.807, 2.05) is 73.9 Å². The molecule has 8 heteroatoms. The van der Waals surface area contributed by atoms with Gasteiger partial charge in [0, 0.05) is 12.2 Å². The van der Waals surface area contributed by atoms with Crippen molar-refractivity contribution in [2.75, 3.05) is 19.0 Å². The number of rotatable bonds is 9. The largest absolute Gasteiger partial charge is 0.496 e. The first-order valence-corrected chi connectivity index (χ1v) is 10.7. The number of benzene rings is 2. The van der Waals surface area contributed by atoms with Crippen molar-refractivity contribution in [1.29, 1.82) is 0 Å². The van der Waals surface area contributed by atoms with Crippen LogP contribution in [0.5, 0.6) is 11.5 Å². The smallest absolute Gasteiger partial charge is 0.237 e. The monoisotopic (exact) mass is 426 g/mol. The van der Waals surface area contributed by atoms with Crippen LogP contribution in [0.1, 0.15) is 20.8 Å². The number of para-hydroxylation sites is 1. The summed E-state index contributed by atoms with van der Waals surface area (Å²) in [5, 5.41) is 12.0. The van der Waals surface area contributed by atoms with Gasteiger partial charge in [0.15, 0.2) is 11.0 Å². The Morgan fingerprint density at radius 1 is 1.13 bits per heavy atom. The van der Waals surface area contributed by atoms with E-state index in [9.17, 15) is 4.79 Å². The fourth-order valence-corrected chi connectivity index (χ4v) is 3.86. The number of aromatic nitrogens is 3. The summed E-state index contributed by atoms with van der Waals surface area (Å²) in [5.41, 5.74) is 1.59. The van der Waals surface area contributed by atoms with Gasteiger partial charge in [-0.15, -0.1) is 10.2 Å². The number of thioether (sulfide) groups is 1. The van der Waals surface area contributed by atoms with E-state index in [4.69, 9.17) is 9.47 Å². The first-order valence-electron chi connectivity index (χ1n) is 9.84. The Kier molecular flexibility index (Phi) is 7.35. The fraction of sp³-hybridized carbons (Fsp3) is 0.318. The molecule has 3 aromatic rings. The molecule has 30 heavy (non-hydrogen) atoms. The summed E-state index contributed by atoms with van der Waals surface area (Å²) in [5.74, 6) is 2.13. The minimum atomic E-state index is -0.350. The zero-order chi connectivity index (χ0) is 21.5. The van der Waals surface area contributed by atoms with Gasteiger partial charge in [-0.25, -0.2) is 0 Å². The van der Waals surface area contributed by atoms with Gasteiger partial charge in [0.1, 0.15) is 11.5 Å². The van der Waals surface area contributed by atoms with E-state index in [2.05, 4.69) is 15.5 Å². The van der Waals surface area contributed by atoms with Crippen LogP contribution in [0.2, 0.25) is 0 Å². The zero-order valence-corrected chi connectivity index (χ0v) is 18.4. The maximum absolute atomic E-state index is 12.7. The first-order chi connectivity index (χ1) is 14.6. The highest BCUT2D eigenvalue weighted by molar-refractivity contribution is 8.00. The molecule has 0 aliphatic rings. The van der Waals surface area contributed by atoms with Crippen LogP contribution >= 0.6 is 11.8 Å². The molecule has 2 aromatic carbocycles. The van der Waals surface area contributed by atoms with Gasteiger partial charge in [-0.2, -0.15) is 0 Å². The van der Waals surface area contributed by atoms with Crippen molar-refractivity contribution in [2.24, 2.45) is 0 Å². The third-order valence-electron chi connectivity index (χ3n) is 4.47. The predicted molar refractivity (Wildman–Crippen MR) is 119 cm³/mol. The molecule has 1 unspecified atom stereocenters. The Morgan fingerprint density at radius 3 is 2.53 bits per heavy atom. The van der Waals surface area contributed by atoms with Gasteiger partial charge in [-0.1, -0.05) is 23.9 Å². The second kappa shape index (κ2) is 10.2. The standard InChI is InChI=1S/C22H26N4O3S/c1-5-26-20(18-9-7-8-10-19(18)28-4)24-25-22(26)30-15(3)21(27)23-16-11-13-17(14-12-16)29-6-2/h7-15H,5-6H2,1-4H3,(H,23,27). The number of hydrogen-bond donors (Lipinski definition) is 1. The highest BCUT2D eigenvalue weighted by Gasteiger charge is 2.21. The molecule has 0 bridgehead atoms. The fourth-order valence-electron chi connectivity index (χ4n) is 2.95. The van der Waals surface area contributed by atoms with E-state index in [0.717, 1.165) is 28.6 Å². The van der Waals surface area contributed by atoms with E-state index in [0.29, 0.717) is 18.3 Å². The molecule has 1 aromatic heterocycles. The average Bonchev–Trinajstić information content (AvgIpc) is 3.17. The lowest BCUT2D eigenvalue weighted by atomic mass is 10.2. The van der Waals surface area contributed by atoms with Gasteiger partial charge in [0.25, 0.3) is 0 Å². The van der Waals surface area contributed by atoms with Crippen molar-refractivity contribution in [2.45, 2.75) is 37.7 Å². The van der Waals surface area contributed by atoms with Gasteiger partial charge in [-0.05, 0) is 57.2 Å². The number of anilines is 1. The molecule has 0 radical (unpaired) electrons. The molecular formula is C22H26N4O3S. The van der Waals surface area contributed by atoms with Crippen molar-refractivity contribution in [3.05, 3.63) is 48.5 Å². The van der Waals surface area contributed by atoms with Gasteiger partial charge in [0.2, 0.25) is 5.91 Å². The van der Waals surface area contributed by atoms with Crippen LogP contribution in [0.3, 0.4) is 0 Å². The normalized spacial score (nSPS) is 11.7. The zero-order valence-electron chi connectivity index (χ0n) is 17.6. The van der Waals surface area contributed by atoms with Crippen LogP contribution in [0.4, 0.5) is 5.69 Å². The van der Waals surface area contributed by atoms with Gasteiger partial charge >= 0.3 is 0 Å². The summed E-state index contributed by atoms with van der Waals surface area (Å²) in [4.78, 5) is 12.7. The maximum Gasteiger partial charge on any atom is 0.237 e. The summed E-state index contributed by atoms with van der Waals surface area (Å²) in [6, 6.07) is 15.0. The predicted octanol–water partition coefficient (Wildman–Crippen LogP) is 4.49. The number of nitrogens with one attached hydrogen (secondary N) is 1. The molecule has 0 aliphatic carbocycles. The second-order valence-electron chi connectivity index (χ2n) is 6.46. The summed E-state index contributed by atoms with van der Waals surface area (Å²) in [7, 11) is 1.63. The van der Waals surface area contributed by atoms with Crippen LogP contribution in [-0.4, -0.2) is 39.6 Å². The van der Waals surface area contributed by atoms with Crippen molar-refractivity contribution >= 4 is 23.4 Å². The number of ether oxygens (including phenoxy) is 2. The van der Waals surface area contributed by atoms with Crippen LogP contribution in [-0.2, 0) is 11.3 Å². The van der Waals surface area contributed by atoms with E-state index in [1.54, 1.807) is 7.11 Å². The molecule has 1 atom stereocenters. The molecule has 0 saturated carbocycles. The van der Waals surface area contributed by atoms with E-state index in [1.165, 1.54) is 11.8 Å². The number of nitrogens with zero attached hydrogens (tertiary/aromatic N) is 3. The van der Waals surface area contributed by atoms with Gasteiger partial charge < -0.3 is 19.4 Å². The maximum atomic E-state index is 12.7. The molecule has 7 nitrogen and oxygen atoms in total. The van der Waals surface area contributed by atoms with Crippen LogP contribution in [0.25, 0.3) is 11.4 Å². The lowest BCUT2D eigenvalue weighted by Crippen LogP contribution is -2.22. The molecule has 0 fully saturated rings. The van der Waals surface area contributed by atoms with Crippen molar-refractivity contribution in [3.63, 3.8) is 0 Å². The molecular weight excluding hydrogens is 400 g/mol. The SMILES string of the molecule is CCOc1ccc(NC(=O)C(C)Sc2nnc(-c3ccccc3OC)n2CC)cc1. The third kappa shape index (κ3) is 4.94. The Balaban J connectivity index is 1.72. The van der Waals surface area contributed by atoms with Crippen LogP contribution < -0.4 is 14.8 Å².